The summed E-state index contributed by atoms with van der Waals surface area (Å²) < 4.78 is 0. The van der Waals surface area contributed by atoms with Crippen molar-refractivity contribution >= 4 is 5.57 Å². The normalized spacial score (nSPS) is 39.5. The van der Waals surface area contributed by atoms with Crippen molar-refractivity contribution in [3.63, 3.8) is 0 Å². The van der Waals surface area contributed by atoms with Gasteiger partial charge in [-0.3, -0.25) is 0 Å². The van der Waals surface area contributed by atoms with Gasteiger partial charge in [-0.25, -0.2) is 0 Å². The lowest BCUT2D eigenvalue weighted by molar-refractivity contribution is -0.0177. The molecule has 5 rings (SSSR count). The standard InChI is InChI=1S/C18H22O/c1-12(16-4-2-3-5-17(16)19)18-9-13-6-14(10-18)8-15(7-13)11-18/h2-5,13-15,19H,1,6-11H2. The number of aromatic hydroxyl groups is 1. The molecule has 1 aromatic carbocycles. The fourth-order valence-corrected chi connectivity index (χ4v) is 5.49. The van der Waals surface area contributed by atoms with Crippen LogP contribution < -0.4 is 0 Å². The molecule has 0 amide bonds. The maximum absolute atomic E-state index is 10.1. The van der Waals surface area contributed by atoms with Crippen molar-refractivity contribution in [1.29, 1.82) is 0 Å². The number of phenols is 1. The van der Waals surface area contributed by atoms with Crippen LogP contribution in [0.5, 0.6) is 5.75 Å². The van der Waals surface area contributed by atoms with Crippen LogP contribution in [-0.2, 0) is 0 Å². The summed E-state index contributed by atoms with van der Waals surface area (Å²) in [4.78, 5) is 0. The van der Waals surface area contributed by atoms with E-state index < -0.39 is 0 Å². The topological polar surface area (TPSA) is 20.2 Å². The van der Waals surface area contributed by atoms with Gasteiger partial charge >= 0.3 is 0 Å². The summed E-state index contributed by atoms with van der Waals surface area (Å²) in [5.41, 5.74) is 2.50. The number of rotatable bonds is 2. The van der Waals surface area contributed by atoms with Crippen LogP contribution in [0.25, 0.3) is 5.57 Å². The second kappa shape index (κ2) is 3.88. The molecule has 4 aliphatic carbocycles. The molecule has 4 fully saturated rings. The van der Waals surface area contributed by atoms with Crippen molar-refractivity contribution in [1.82, 2.24) is 0 Å². The molecular formula is C18H22O. The molecule has 1 aromatic rings. The molecule has 4 bridgehead atoms. The van der Waals surface area contributed by atoms with Crippen molar-refractivity contribution in [2.75, 3.05) is 0 Å². The van der Waals surface area contributed by atoms with E-state index in [4.69, 9.17) is 0 Å². The minimum absolute atomic E-state index is 0.299. The first kappa shape index (κ1) is 11.6. The Morgan fingerprint density at radius 1 is 1.00 bits per heavy atom. The summed E-state index contributed by atoms with van der Waals surface area (Å²) in [6.07, 6.45) is 8.29. The van der Waals surface area contributed by atoms with Gasteiger partial charge in [-0.05, 0) is 73.3 Å². The van der Waals surface area contributed by atoms with Gasteiger partial charge in [0.1, 0.15) is 5.75 Å². The first-order valence-electron chi connectivity index (χ1n) is 7.64. The van der Waals surface area contributed by atoms with Crippen molar-refractivity contribution in [3.05, 3.63) is 36.4 Å². The van der Waals surface area contributed by atoms with Crippen LogP contribution in [-0.4, -0.2) is 5.11 Å². The molecule has 0 heterocycles. The summed E-state index contributed by atoms with van der Waals surface area (Å²) in [6.45, 7) is 4.42. The van der Waals surface area contributed by atoms with Gasteiger partial charge in [0.05, 0.1) is 0 Å². The first-order chi connectivity index (χ1) is 9.16. The molecule has 0 radical (unpaired) electrons. The quantitative estimate of drug-likeness (QED) is 0.816. The lowest BCUT2D eigenvalue weighted by Crippen LogP contribution is -2.46. The molecule has 1 nitrogen and oxygen atoms in total. The Bertz CT molecular complexity index is 493. The smallest absolute Gasteiger partial charge is 0.123 e. The van der Waals surface area contributed by atoms with Crippen molar-refractivity contribution in [2.24, 2.45) is 23.2 Å². The highest BCUT2D eigenvalue weighted by molar-refractivity contribution is 5.73. The van der Waals surface area contributed by atoms with E-state index in [1.54, 1.807) is 6.07 Å². The Morgan fingerprint density at radius 2 is 1.53 bits per heavy atom. The van der Waals surface area contributed by atoms with Crippen LogP contribution in [0.3, 0.4) is 0 Å². The van der Waals surface area contributed by atoms with Crippen LogP contribution in [0, 0.1) is 23.2 Å². The molecule has 0 spiro atoms. The predicted octanol–water partition coefficient (Wildman–Crippen LogP) is 4.62. The monoisotopic (exact) mass is 254 g/mol. The van der Waals surface area contributed by atoms with Crippen LogP contribution in [0.2, 0.25) is 0 Å². The van der Waals surface area contributed by atoms with Crippen LogP contribution in [0.4, 0.5) is 0 Å². The van der Waals surface area contributed by atoms with Gasteiger partial charge in [0.25, 0.3) is 0 Å². The number of para-hydroxylation sites is 1. The number of hydrogen-bond donors (Lipinski definition) is 1. The molecule has 4 saturated carbocycles. The Labute approximate surface area is 115 Å². The summed E-state index contributed by atoms with van der Waals surface area (Å²) in [5, 5.41) is 10.1. The van der Waals surface area contributed by atoms with Crippen LogP contribution in [0.15, 0.2) is 30.8 Å². The predicted molar refractivity (Wildman–Crippen MR) is 77.7 cm³/mol. The Hall–Kier alpha value is -1.24. The van der Waals surface area contributed by atoms with Gasteiger partial charge in [-0.1, -0.05) is 24.8 Å². The van der Waals surface area contributed by atoms with E-state index in [1.165, 1.54) is 44.1 Å². The molecule has 0 saturated heterocycles. The Morgan fingerprint density at radius 3 is 2.05 bits per heavy atom. The van der Waals surface area contributed by atoms with Gasteiger partial charge in [0, 0.05) is 5.56 Å². The van der Waals surface area contributed by atoms with Crippen molar-refractivity contribution < 1.29 is 5.11 Å². The summed E-state index contributed by atoms with van der Waals surface area (Å²) in [6, 6.07) is 7.74. The molecule has 4 aliphatic rings. The molecule has 19 heavy (non-hydrogen) atoms. The van der Waals surface area contributed by atoms with E-state index in [-0.39, 0.29) is 0 Å². The molecule has 0 aromatic heterocycles. The SMILES string of the molecule is C=C(c1ccccc1O)C12CC3CC(CC(C3)C1)C2. The molecule has 0 unspecified atom stereocenters. The molecule has 0 atom stereocenters. The Balaban J connectivity index is 1.72. The number of phenolic OH excluding ortho intramolecular Hbond substituents is 1. The van der Waals surface area contributed by atoms with Gasteiger partial charge in [0.2, 0.25) is 0 Å². The molecule has 100 valence electrons. The highest BCUT2D eigenvalue weighted by Gasteiger charge is 2.52. The van der Waals surface area contributed by atoms with Gasteiger partial charge < -0.3 is 5.11 Å². The average Bonchev–Trinajstić information content (AvgIpc) is 2.37. The van der Waals surface area contributed by atoms with E-state index in [1.807, 2.05) is 18.2 Å². The molecular weight excluding hydrogens is 232 g/mol. The fourth-order valence-electron chi connectivity index (χ4n) is 5.49. The molecule has 1 N–H and O–H groups in total. The van der Waals surface area contributed by atoms with Gasteiger partial charge in [-0.2, -0.15) is 0 Å². The average molecular weight is 254 g/mol. The second-order valence-electron chi connectivity index (χ2n) is 7.19. The highest BCUT2D eigenvalue weighted by Crippen LogP contribution is 2.64. The number of allylic oxidation sites excluding steroid dienone is 1. The van der Waals surface area contributed by atoms with E-state index in [2.05, 4.69) is 6.58 Å². The zero-order chi connectivity index (χ0) is 13.0. The highest BCUT2D eigenvalue weighted by atomic mass is 16.3. The van der Waals surface area contributed by atoms with E-state index in [0.717, 1.165) is 23.3 Å². The van der Waals surface area contributed by atoms with Crippen LogP contribution >= 0.6 is 0 Å². The molecule has 0 aliphatic heterocycles. The van der Waals surface area contributed by atoms with E-state index >= 15 is 0 Å². The summed E-state index contributed by atoms with van der Waals surface area (Å²) in [7, 11) is 0. The van der Waals surface area contributed by atoms with Gasteiger partial charge in [0.15, 0.2) is 0 Å². The van der Waals surface area contributed by atoms with Crippen LogP contribution in [0.1, 0.15) is 44.1 Å². The maximum atomic E-state index is 10.1. The third-order valence-corrected chi connectivity index (χ3v) is 5.91. The summed E-state index contributed by atoms with van der Waals surface area (Å²) in [5.74, 6) is 3.18. The maximum Gasteiger partial charge on any atom is 0.123 e. The zero-order valence-corrected chi connectivity index (χ0v) is 11.4. The van der Waals surface area contributed by atoms with Crippen molar-refractivity contribution in [2.45, 2.75) is 38.5 Å². The summed E-state index contributed by atoms with van der Waals surface area (Å²) >= 11 is 0. The molecule has 1 heteroatoms. The third kappa shape index (κ3) is 1.67. The first-order valence-corrected chi connectivity index (χ1v) is 7.64. The lowest BCUT2D eigenvalue weighted by atomic mass is 9.47. The van der Waals surface area contributed by atoms with E-state index in [0.29, 0.717) is 11.2 Å². The second-order valence-corrected chi connectivity index (χ2v) is 7.19. The lowest BCUT2D eigenvalue weighted by Gasteiger charge is -2.57. The number of benzene rings is 1. The van der Waals surface area contributed by atoms with Gasteiger partial charge in [-0.15, -0.1) is 0 Å². The van der Waals surface area contributed by atoms with E-state index in [9.17, 15) is 5.11 Å². The van der Waals surface area contributed by atoms with Crippen molar-refractivity contribution in [3.8, 4) is 5.75 Å². The zero-order valence-electron chi connectivity index (χ0n) is 11.4. The third-order valence-electron chi connectivity index (χ3n) is 5.91. The largest absolute Gasteiger partial charge is 0.507 e. The minimum atomic E-state index is 0.299. The Kier molecular flexibility index (Phi) is 2.36. The minimum Gasteiger partial charge on any atom is -0.507 e. The fraction of sp³-hybridized carbons (Fsp3) is 0.556. The number of hydrogen-bond acceptors (Lipinski definition) is 1.